The van der Waals surface area contributed by atoms with Gasteiger partial charge in [0.25, 0.3) is 0 Å². The molecule has 0 radical (unpaired) electrons. The molecule has 0 spiro atoms. The van der Waals surface area contributed by atoms with Crippen LogP contribution in [0.15, 0.2) is 65.9 Å². The Hall–Kier alpha value is -2.75. The Kier molecular flexibility index (Phi) is 4.06. The highest BCUT2D eigenvalue weighted by Crippen LogP contribution is 2.31. The van der Waals surface area contributed by atoms with Gasteiger partial charge in [0.1, 0.15) is 0 Å². The second kappa shape index (κ2) is 6.16. The van der Waals surface area contributed by atoms with E-state index in [9.17, 15) is 4.79 Å². The molecule has 0 N–H and O–H groups in total. The molecule has 0 amide bonds. The van der Waals surface area contributed by atoms with Gasteiger partial charge in [0.2, 0.25) is 5.90 Å². The van der Waals surface area contributed by atoms with Crippen molar-refractivity contribution in [3.8, 4) is 0 Å². The Bertz CT molecular complexity index is 753. The van der Waals surface area contributed by atoms with Crippen molar-refractivity contribution in [3.05, 3.63) is 72.1 Å². The maximum Gasteiger partial charge on any atom is 0.341 e. The van der Waals surface area contributed by atoms with Crippen molar-refractivity contribution in [1.82, 2.24) is 4.98 Å². The van der Waals surface area contributed by atoms with Crippen molar-refractivity contribution in [3.63, 3.8) is 0 Å². The smallest absolute Gasteiger partial charge is 0.341 e. The van der Waals surface area contributed by atoms with E-state index in [1.54, 1.807) is 12.4 Å². The number of carbonyl (C=O) groups excluding carboxylic acids is 1. The highest BCUT2D eigenvalue weighted by Gasteiger charge is 2.45. The minimum absolute atomic E-state index is 0.101. The molecule has 0 bridgehead atoms. The summed E-state index contributed by atoms with van der Waals surface area (Å²) in [5.74, 6) is -0.0316. The summed E-state index contributed by atoms with van der Waals surface area (Å²) in [6, 6.07) is 13.3. The van der Waals surface area contributed by atoms with Crippen molar-refractivity contribution in [1.29, 1.82) is 0 Å². The number of rotatable bonds is 4. The molecule has 1 unspecified atom stereocenters. The second-order valence-corrected chi connectivity index (χ2v) is 5.75. The van der Waals surface area contributed by atoms with Gasteiger partial charge in [-0.05, 0) is 30.7 Å². The lowest BCUT2D eigenvalue weighted by Crippen LogP contribution is -2.36. The van der Waals surface area contributed by atoms with Gasteiger partial charge in [-0.1, -0.05) is 43.3 Å². The number of nitrogens with zero attached hydrogens (tertiary/aromatic N) is 2. The maximum absolute atomic E-state index is 12.3. The summed E-state index contributed by atoms with van der Waals surface area (Å²) < 4.78 is 5.40. The average molecular weight is 306 g/mol. The van der Waals surface area contributed by atoms with Crippen LogP contribution in [-0.2, 0) is 9.53 Å². The predicted molar refractivity (Wildman–Crippen MR) is 89.9 cm³/mol. The monoisotopic (exact) mass is 306 g/mol. The largest absolute Gasteiger partial charge is 0.405 e. The van der Waals surface area contributed by atoms with Crippen LogP contribution < -0.4 is 0 Å². The van der Waals surface area contributed by atoms with Crippen molar-refractivity contribution < 1.29 is 9.53 Å². The fourth-order valence-electron chi connectivity index (χ4n) is 2.38. The van der Waals surface area contributed by atoms with Gasteiger partial charge in [0, 0.05) is 23.9 Å². The first kappa shape index (κ1) is 15.2. The molecule has 4 nitrogen and oxygen atoms in total. The lowest BCUT2D eigenvalue weighted by Gasteiger charge is -2.21. The van der Waals surface area contributed by atoms with Crippen LogP contribution in [0.1, 0.15) is 25.0 Å². The van der Waals surface area contributed by atoms with Gasteiger partial charge in [-0.25, -0.2) is 9.79 Å². The van der Waals surface area contributed by atoms with E-state index in [0.717, 1.165) is 11.1 Å². The van der Waals surface area contributed by atoms with E-state index in [1.165, 1.54) is 0 Å². The molecular formula is C19H18N2O2. The minimum Gasteiger partial charge on any atom is -0.405 e. The van der Waals surface area contributed by atoms with Gasteiger partial charge < -0.3 is 4.74 Å². The number of benzene rings is 1. The number of cyclic esters (lactones) is 1. The Morgan fingerprint density at radius 3 is 2.65 bits per heavy atom. The average Bonchev–Trinajstić information content (AvgIpc) is 2.91. The van der Waals surface area contributed by atoms with E-state index in [2.05, 4.69) is 9.98 Å². The van der Waals surface area contributed by atoms with Crippen molar-refractivity contribution >= 4 is 17.9 Å². The van der Waals surface area contributed by atoms with Crippen LogP contribution in [0.25, 0.3) is 6.08 Å². The fourth-order valence-corrected chi connectivity index (χ4v) is 2.38. The Morgan fingerprint density at radius 1 is 1.17 bits per heavy atom. The SMILES string of the molecule is CC(/C=C/c1cccnc1)[C@@]1(C)N=C(c2ccccc2)OC1=O. The molecule has 1 aromatic heterocycles. The summed E-state index contributed by atoms with van der Waals surface area (Å²) >= 11 is 0. The summed E-state index contributed by atoms with van der Waals surface area (Å²) in [6.07, 6.45) is 7.42. The molecule has 1 aliphatic rings. The molecule has 23 heavy (non-hydrogen) atoms. The van der Waals surface area contributed by atoms with Crippen LogP contribution in [0.4, 0.5) is 0 Å². The summed E-state index contributed by atoms with van der Waals surface area (Å²) in [4.78, 5) is 21.0. The van der Waals surface area contributed by atoms with Gasteiger partial charge in [0.05, 0.1) is 0 Å². The van der Waals surface area contributed by atoms with E-state index >= 15 is 0 Å². The summed E-state index contributed by atoms with van der Waals surface area (Å²) in [6.45, 7) is 3.77. The normalized spacial score (nSPS) is 22.0. The molecule has 2 atom stereocenters. The number of aromatic nitrogens is 1. The highest BCUT2D eigenvalue weighted by molar-refractivity contribution is 6.08. The van der Waals surface area contributed by atoms with Crippen LogP contribution in [0.5, 0.6) is 0 Å². The molecule has 1 aliphatic heterocycles. The highest BCUT2D eigenvalue weighted by atomic mass is 16.6. The number of carbonyl (C=O) groups is 1. The van der Waals surface area contributed by atoms with Gasteiger partial charge in [-0.3, -0.25) is 4.98 Å². The Labute approximate surface area is 135 Å². The van der Waals surface area contributed by atoms with E-state index < -0.39 is 5.54 Å². The Balaban J connectivity index is 1.84. The zero-order valence-corrected chi connectivity index (χ0v) is 13.1. The lowest BCUT2D eigenvalue weighted by atomic mass is 9.87. The number of ether oxygens (including phenoxy) is 1. The van der Waals surface area contributed by atoms with Gasteiger partial charge in [-0.15, -0.1) is 0 Å². The summed E-state index contributed by atoms with van der Waals surface area (Å²) in [7, 11) is 0. The molecule has 4 heteroatoms. The van der Waals surface area contributed by atoms with Crippen LogP contribution in [-0.4, -0.2) is 22.4 Å². The van der Waals surface area contributed by atoms with Crippen molar-refractivity contribution in [2.45, 2.75) is 19.4 Å². The zero-order chi connectivity index (χ0) is 16.3. The zero-order valence-electron chi connectivity index (χ0n) is 13.1. The van der Waals surface area contributed by atoms with Gasteiger partial charge in [-0.2, -0.15) is 0 Å². The standard InChI is InChI=1S/C19H18N2O2/c1-14(10-11-15-7-6-12-20-13-15)19(2)18(22)23-17(21-19)16-8-4-3-5-9-16/h3-14H,1-2H3/b11-10+/t14?,19-/m1/s1. The molecule has 116 valence electrons. The number of esters is 1. The van der Waals surface area contributed by atoms with E-state index in [-0.39, 0.29) is 11.9 Å². The van der Waals surface area contributed by atoms with Crippen LogP contribution in [0.2, 0.25) is 0 Å². The summed E-state index contributed by atoms with van der Waals surface area (Å²) in [5, 5.41) is 0. The minimum atomic E-state index is -0.913. The van der Waals surface area contributed by atoms with Crippen LogP contribution in [0.3, 0.4) is 0 Å². The lowest BCUT2D eigenvalue weighted by molar-refractivity contribution is -0.139. The third-order valence-electron chi connectivity index (χ3n) is 4.11. The molecule has 0 saturated heterocycles. The third kappa shape index (κ3) is 3.06. The number of hydrogen-bond donors (Lipinski definition) is 0. The molecule has 2 aromatic rings. The maximum atomic E-state index is 12.3. The van der Waals surface area contributed by atoms with Crippen molar-refractivity contribution in [2.75, 3.05) is 0 Å². The Morgan fingerprint density at radius 2 is 1.96 bits per heavy atom. The number of aliphatic imine (C=N–C) groups is 1. The molecule has 3 rings (SSSR count). The van der Waals surface area contributed by atoms with E-state index in [4.69, 9.17) is 4.74 Å². The van der Waals surface area contributed by atoms with E-state index in [1.807, 2.05) is 68.5 Å². The van der Waals surface area contributed by atoms with Crippen LogP contribution >= 0.6 is 0 Å². The molecule has 0 aliphatic carbocycles. The second-order valence-electron chi connectivity index (χ2n) is 5.75. The van der Waals surface area contributed by atoms with E-state index in [0.29, 0.717) is 5.90 Å². The molecule has 1 aromatic carbocycles. The number of pyridine rings is 1. The van der Waals surface area contributed by atoms with Gasteiger partial charge >= 0.3 is 5.97 Å². The van der Waals surface area contributed by atoms with Gasteiger partial charge in [0.15, 0.2) is 5.54 Å². The predicted octanol–water partition coefficient (Wildman–Crippen LogP) is 3.49. The molecule has 0 fully saturated rings. The first-order valence-corrected chi connectivity index (χ1v) is 7.55. The quantitative estimate of drug-likeness (QED) is 0.812. The topological polar surface area (TPSA) is 51.6 Å². The first-order valence-electron chi connectivity index (χ1n) is 7.55. The molecule has 0 saturated carbocycles. The molecular weight excluding hydrogens is 288 g/mol. The number of hydrogen-bond acceptors (Lipinski definition) is 4. The van der Waals surface area contributed by atoms with Crippen molar-refractivity contribution in [2.24, 2.45) is 10.9 Å². The molecule has 2 heterocycles. The fraction of sp³-hybridized carbons (Fsp3) is 0.211. The summed E-state index contributed by atoms with van der Waals surface area (Å²) in [5.41, 5.74) is 0.888. The first-order chi connectivity index (χ1) is 11.1. The third-order valence-corrected chi connectivity index (χ3v) is 4.11. The van der Waals surface area contributed by atoms with Crippen LogP contribution in [0, 0.1) is 5.92 Å².